The van der Waals surface area contributed by atoms with Crippen molar-refractivity contribution in [3.63, 3.8) is 0 Å². The van der Waals surface area contributed by atoms with Crippen LogP contribution in [0.2, 0.25) is 0 Å². The van der Waals surface area contributed by atoms with Gasteiger partial charge in [-0.2, -0.15) is 0 Å². The van der Waals surface area contributed by atoms with Crippen LogP contribution >= 0.6 is 0 Å². The molecule has 0 unspecified atom stereocenters. The normalized spacial score (nSPS) is 12.4. The SMILES string of the molecule is CON(c1cc(N)cc(N(OC)C(C)(C)C)c1)C(C)(C)C. The lowest BCUT2D eigenvalue weighted by Crippen LogP contribution is -2.42. The lowest BCUT2D eigenvalue weighted by molar-refractivity contribution is 0.111. The minimum Gasteiger partial charge on any atom is -0.399 e. The van der Waals surface area contributed by atoms with Gasteiger partial charge in [0.2, 0.25) is 0 Å². The number of nitrogen functional groups attached to an aromatic ring is 1. The summed E-state index contributed by atoms with van der Waals surface area (Å²) in [6, 6.07) is 5.81. The molecule has 0 amide bonds. The van der Waals surface area contributed by atoms with Crippen molar-refractivity contribution in [1.29, 1.82) is 0 Å². The molecule has 0 spiro atoms. The minimum atomic E-state index is -0.181. The van der Waals surface area contributed by atoms with Crippen molar-refractivity contribution >= 4 is 17.1 Å². The summed E-state index contributed by atoms with van der Waals surface area (Å²) in [5, 5.41) is 3.67. The van der Waals surface area contributed by atoms with Gasteiger partial charge in [0.25, 0.3) is 0 Å². The van der Waals surface area contributed by atoms with Crippen molar-refractivity contribution in [2.45, 2.75) is 52.6 Å². The number of anilines is 3. The Hall–Kier alpha value is -1.46. The highest BCUT2D eigenvalue weighted by Gasteiger charge is 2.26. The van der Waals surface area contributed by atoms with Crippen LogP contribution in [0.15, 0.2) is 18.2 Å². The molecule has 5 heteroatoms. The molecule has 0 fully saturated rings. The zero-order valence-corrected chi connectivity index (χ0v) is 14.5. The second-order valence-electron chi connectivity index (χ2n) is 7.08. The molecule has 0 aliphatic heterocycles. The second-order valence-corrected chi connectivity index (χ2v) is 7.08. The molecule has 0 aromatic heterocycles. The highest BCUT2D eigenvalue weighted by atomic mass is 16.7. The molecule has 0 heterocycles. The molecule has 0 saturated carbocycles. The number of hydroxylamine groups is 2. The molecule has 0 bridgehead atoms. The fourth-order valence-corrected chi connectivity index (χ4v) is 2.39. The van der Waals surface area contributed by atoms with Crippen LogP contribution in [-0.2, 0) is 9.68 Å². The quantitative estimate of drug-likeness (QED) is 0.679. The molecule has 0 aliphatic rings. The van der Waals surface area contributed by atoms with Crippen LogP contribution in [0.5, 0.6) is 0 Å². The lowest BCUT2D eigenvalue weighted by atomic mass is 10.1. The summed E-state index contributed by atoms with van der Waals surface area (Å²) in [5.41, 5.74) is 8.16. The number of nitrogens with zero attached hydrogens (tertiary/aromatic N) is 2. The summed E-state index contributed by atoms with van der Waals surface area (Å²) in [6.45, 7) is 12.5. The Balaban J connectivity index is 3.33. The summed E-state index contributed by atoms with van der Waals surface area (Å²) in [7, 11) is 3.32. The predicted octanol–water partition coefficient (Wildman–Crippen LogP) is 3.60. The van der Waals surface area contributed by atoms with E-state index in [1.54, 1.807) is 14.2 Å². The average molecular weight is 295 g/mol. The van der Waals surface area contributed by atoms with Gasteiger partial charge >= 0.3 is 0 Å². The molecule has 5 nitrogen and oxygen atoms in total. The van der Waals surface area contributed by atoms with Crippen LogP contribution in [0, 0.1) is 0 Å². The van der Waals surface area contributed by atoms with Crippen molar-refractivity contribution in [3.05, 3.63) is 18.2 Å². The number of nitrogens with two attached hydrogens (primary N) is 1. The Morgan fingerprint density at radius 3 is 1.33 bits per heavy atom. The van der Waals surface area contributed by atoms with Crippen LogP contribution in [0.4, 0.5) is 17.1 Å². The first-order valence-corrected chi connectivity index (χ1v) is 7.10. The maximum atomic E-state index is 6.07. The first-order valence-electron chi connectivity index (χ1n) is 7.10. The van der Waals surface area contributed by atoms with Crippen molar-refractivity contribution < 1.29 is 9.68 Å². The summed E-state index contributed by atoms with van der Waals surface area (Å²) in [6.07, 6.45) is 0. The van der Waals surface area contributed by atoms with Crippen molar-refractivity contribution in [3.8, 4) is 0 Å². The van der Waals surface area contributed by atoms with Gasteiger partial charge in [-0.05, 0) is 59.7 Å². The van der Waals surface area contributed by atoms with E-state index in [2.05, 4.69) is 41.5 Å². The van der Waals surface area contributed by atoms with Crippen LogP contribution < -0.4 is 15.9 Å². The van der Waals surface area contributed by atoms with Gasteiger partial charge < -0.3 is 5.73 Å². The van der Waals surface area contributed by atoms with Gasteiger partial charge in [-0.15, -0.1) is 0 Å². The molecule has 0 aliphatic carbocycles. The van der Waals surface area contributed by atoms with Gasteiger partial charge in [0.15, 0.2) is 0 Å². The maximum absolute atomic E-state index is 6.07. The smallest absolute Gasteiger partial charge is 0.0684 e. The van der Waals surface area contributed by atoms with Gasteiger partial charge in [0, 0.05) is 5.69 Å². The third-order valence-corrected chi connectivity index (χ3v) is 2.98. The molecule has 1 aromatic rings. The van der Waals surface area contributed by atoms with Crippen LogP contribution in [0.3, 0.4) is 0 Å². The average Bonchev–Trinajstić information content (AvgIpc) is 2.25. The highest BCUT2D eigenvalue weighted by Crippen LogP contribution is 2.33. The summed E-state index contributed by atoms with van der Waals surface area (Å²) < 4.78 is 0. The monoisotopic (exact) mass is 295 g/mol. The molecular formula is C16H29N3O2. The van der Waals surface area contributed by atoms with E-state index in [1.807, 2.05) is 28.3 Å². The van der Waals surface area contributed by atoms with E-state index in [-0.39, 0.29) is 11.1 Å². The molecule has 1 aromatic carbocycles. The van der Waals surface area contributed by atoms with E-state index in [1.165, 1.54) is 0 Å². The maximum Gasteiger partial charge on any atom is 0.0684 e. The van der Waals surface area contributed by atoms with Gasteiger partial charge in [-0.25, -0.2) is 10.1 Å². The molecule has 0 atom stereocenters. The van der Waals surface area contributed by atoms with E-state index >= 15 is 0 Å². The first-order chi connectivity index (χ1) is 9.50. The molecule has 2 N–H and O–H groups in total. The fraction of sp³-hybridized carbons (Fsp3) is 0.625. The van der Waals surface area contributed by atoms with Crippen molar-refractivity contribution in [2.24, 2.45) is 0 Å². The molecule has 0 radical (unpaired) electrons. The van der Waals surface area contributed by atoms with E-state index in [0.717, 1.165) is 11.4 Å². The van der Waals surface area contributed by atoms with E-state index in [0.29, 0.717) is 5.69 Å². The molecule has 21 heavy (non-hydrogen) atoms. The zero-order chi connectivity index (χ0) is 16.4. The fourth-order valence-electron chi connectivity index (χ4n) is 2.39. The third-order valence-electron chi connectivity index (χ3n) is 2.98. The van der Waals surface area contributed by atoms with E-state index < -0.39 is 0 Å². The lowest BCUT2D eigenvalue weighted by Gasteiger charge is -2.38. The predicted molar refractivity (Wildman–Crippen MR) is 89.3 cm³/mol. The Bertz CT molecular complexity index is 435. The molecule has 1 rings (SSSR count). The molecule has 120 valence electrons. The van der Waals surface area contributed by atoms with Gasteiger partial charge in [0.05, 0.1) is 36.7 Å². The number of benzene rings is 1. The number of hydrogen-bond donors (Lipinski definition) is 1. The topological polar surface area (TPSA) is 51.0 Å². The minimum absolute atomic E-state index is 0.181. The van der Waals surface area contributed by atoms with Gasteiger partial charge in [-0.1, -0.05) is 0 Å². The van der Waals surface area contributed by atoms with E-state index in [9.17, 15) is 0 Å². The number of hydrogen-bond acceptors (Lipinski definition) is 5. The van der Waals surface area contributed by atoms with E-state index in [4.69, 9.17) is 15.4 Å². The van der Waals surface area contributed by atoms with Gasteiger partial charge in [-0.3, -0.25) is 9.68 Å². The second kappa shape index (κ2) is 6.12. The highest BCUT2D eigenvalue weighted by molar-refractivity contribution is 5.67. The van der Waals surface area contributed by atoms with Gasteiger partial charge in [0.1, 0.15) is 0 Å². The first kappa shape index (κ1) is 17.6. The zero-order valence-electron chi connectivity index (χ0n) is 14.5. The Labute approximate surface area is 128 Å². The Morgan fingerprint density at radius 2 is 1.10 bits per heavy atom. The van der Waals surface area contributed by atoms with Crippen LogP contribution in [0.1, 0.15) is 41.5 Å². The van der Waals surface area contributed by atoms with Crippen molar-refractivity contribution in [2.75, 3.05) is 30.1 Å². The van der Waals surface area contributed by atoms with Crippen molar-refractivity contribution in [1.82, 2.24) is 0 Å². The largest absolute Gasteiger partial charge is 0.399 e. The van der Waals surface area contributed by atoms with Crippen LogP contribution in [0.25, 0.3) is 0 Å². The molecule has 0 saturated heterocycles. The Morgan fingerprint density at radius 1 is 0.762 bits per heavy atom. The summed E-state index contributed by atoms with van der Waals surface area (Å²) in [5.74, 6) is 0. The number of rotatable bonds is 4. The summed E-state index contributed by atoms with van der Waals surface area (Å²) in [4.78, 5) is 11.1. The third kappa shape index (κ3) is 4.25. The standard InChI is InChI=1S/C16H29N3O2/c1-15(2,3)18(20-7)13-9-12(17)10-14(11-13)19(21-8)16(4,5)6/h9-11H,17H2,1-8H3. The Kier molecular flexibility index (Phi) is 5.12. The van der Waals surface area contributed by atoms with Crippen LogP contribution in [-0.4, -0.2) is 25.3 Å². The summed E-state index contributed by atoms with van der Waals surface area (Å²) >= 11 is 0. The molecular weight excluding hydrogens is 266 g/mol.